The van der Waals surface area contributed by atoms with Crippen molar-refractivity contribution in [2.75, 3.05) is 17.9 Å². The number of anilines is 1. The van der Waals surface area contributed by atoms with Crippen LogP contribution in [0.4, 0.5) is 5.82 Å². The van der Waals surface area contributed by atoms with Gasteiger partial charge in [0.1, 0.15) is 0 Å². The highest BCUT2D eigenvalue weighted by molar-refractivity contribution is 7.93. The van der Waals surface area contributed by atoms with Crippen LogP contribution in [0.25, 0.3) is 16.8 Å². The Morgan fingerprint density at radius 3 is 2.77 bits per heavy atom. The van der Waals surface area contributed by atoms with Gasteiger partial charge in [0.25, 0.3) is 0 Å². The summed E-state index contributed by atoms with van der Waals surface area (Å²) in [6.07, 6.45) is 9.78. The van der Waals surface area contributed by atoms with Crippen LogP contribution in [0.15, 0.2) is 18.6 Å². The molecule has 26 heavy (non-hydrogen) atoms. The largest absolute Gasteiger partial charge is 0.381 e. The molecule has 1 saturated carbocycles. The summed E-state index contributed by atoms with van der Waals surface area (Å²) in [5, 5.41) is -0.296. The molecule has 1 aliphatic carbocycles. The number of nitrogens with zero attached hydrogens (tertiary/aromatic N) is 3. The highest BCUT2D eigenvalue weighted by Crippen LogP contribution is 2.33. The zero-order valence-corrected chi connectivity index (χ0v) is 15.1. The summed E-state index contributed by atoms with van der Waals surface area (Å²) in [6.45, 7) is 1.52. The number of hydrogen-bond acceptors (Lipinski definition) is 5. The Morgan fingerprint density at radius 1 is 1.23 bits per heavy atom. The monoisotopic (exact) mass is 375 g/mol. The van der Waals surface area contributed by atoms with Gasteiger partial charge in [0.2, 0.25) is 10.0 Å². The van der Waals surface area contributed by atoms with Gasteiger partial charge in [-0.25, -0.2) is 18.4 Å². The minimum atomic E-state index is -3.37. The SMILES string of the molecule is O=S(=O)(Nc1cn2c(cnc3[nH]cc(C4CCOCC4)c32)n1)C1CCC1. The van der Waals surface area contributed by atoms with Gasteiger partial charge in [0, 0.05) is 19.4 Å². The first-order valence-electron chi connectivity index (χ1n) is 9.06. The van der Waals surface area contributed by atoms with Crippen LogP contribution in [0.5, 0.6) is 0 Å². The summed E-state index contributed by atoms with van der Waals surface area (Å²) >= 11 is 0. The van der Waals surface area contributed by atoms with Gasteiger partial charge in [-0.3, -0.25) is 9.12 Å². The maximum Gasteiger partial charge on any atom is 0.236 e. The number of hydrogen-bond donors (Lipinski definition) is 2. The number of nitrogens with one attached hydrogen (secondary N) is 2. The summed E-state index contributed by atoms with van der Waals surface area (Å²) in [6, 6.07) is 0. The van der Waals surface area contributed by atoms with E-state index in [1.165, 1.54) is 5.56 Å². The summed E-state index contributed by atoms with van der Waals surface area (Å²) in [4.78, 5) is 12.1. The zero-order chi connectivity index (χ0) is 17.7. The second kappa shape index (κ2) is 5.95. The van der Waals surface area contributed by atoms with Crippen LogP contribution in [0.2, 0.25) is 0 Å². The average molecular weight is 375 g/mol. The maximum atomic E-state index is 12.4. The van der Waals surface area contributed by atoms with Crippen molar-refractivity contribution in [3.8, 4) is 0 Å². The summed E-state index contributed by atoms with van der Waals surface area (Å²) < 4.78 is 34.8. The Labute approximate surface area is 151 Å². The van der Waals surface area contributed by atoms with Crippen LogP contribution in [0.3, 0.4) is 0 Å². The minimum absolute atomic E-state index is 0.296. The molecule has 2 aliphatic rings. The highest BCUT2D eigenvalue weighted by Gasteiger charge is 2.32. The van der Waals surface area contributed by atoms with Crippen molar-refractivity contribution in [3.05, 3.63) is 24.2 Å². The van der Waals surface area contributed by atoms with Crippen LogP contribution in [-0.4, -0.2) is 46.2 Å². The molecule has 1 aliphatic heterocycles. The third kappa shape index (κ3) is 2.57. The van der Waals surface area contributed by atoms with E-state index >= 15 is 0 Å². The second-order valence-electron chi connectivity index (χ2n) is 7.14. The minimum Gasteiger partial charge on any atom is -0.381 e. The predicted octanol–water partition coefficient (Wildman–Crippen LogP) is 2.40. The fourth-order valence-electron chi connectivity index (χ4n) is 3.84. The van der Waals surface area contributed by atoms with Gasteiger partial charge in [0.05, 0.1) is 23.2 Å². The molecule has 8 nitrogen and oxygen atoms in total. The molecule has 0 aromatic carbocycles. The number of sulfonamides is 1. The molecule has 0 radical (unpaired) electrons. The van der Waals surface area contributed by atoms with Gasteiger partial charge in [-0.1, -0.05) is 6.42 Å². The number of imidazole rings is 1. The lowest BCUT2D eigenvalue weighted by molar-refractivity contribution is 0.0856. The van der Waals surface area contributed by atoms with Crippen LogP contribution < -0.4 is 4.72 Å². The van der Waals surface area contributed by atoms with Crippen molar-refractivity contribution in [1.82, 2.24) is 19.4 Å². The summed E-state index contributed by atoms with van der Waals surface area (Å²) in [5.41, 5.74) is 3.57. The maximum absolute atomic E-state index is 12.4. The third-order valence-corrected chi connectivity index (χ3v) is 7.39. The molecule has 0 amide bonds. The van der Waals surface area contributed by atoms with Crippen LogP contribution in [0.1, 0.15) is 43.6 Å². The lowest BCUT2D eigenvalue weighted by Crippen LogP contribution is -2.33. The van der Waals surface area contributed by atoms with Gasteiger partial charge in [-0.05, 0) is 37.2 Å². The van der Waals surface area contributed by atoms with E-state index in [0.717, 1.165) is 56.5 Å². The fourth-order valence-corrected chi connectivity index (χ4v) is 5.35. The molecule has 1 saturated heterocycles. The van der Waals surface area contributed by atoms with Crippen molar-refractivity contribution in [3.63, 3.8) is 0 Å². The van der Waals surface area contributed by atoms with E-state index in [9.17, 15) is 8.42 Å². The van der Waals surface area contributed by atoms with E-state index in [2.05, 4.69) is 19.7 Å². The molecule has 2 N–H and O–H groups in total. The van der Waals surface area contributed by atoms with E-state index in [1.807, 2.05) is 10.6 Å². The molecule has 138 valence electrons. The van der Waals surface area contributed by atoms with Crippen molar-refractivity contribution < 1.29 is 13.2 Å². The number of aromatic nitrogens is 4. The Kier molecular flexibility index (Phi) is 3.68. The van der Waals surface area contributed by atoms with Gasteiger partial charge >= 0.3 is 0 Å². The van der Waals surface area contributed by atoms with Crippen LogP contribution in [-0.2, 0) is 14.8 Å². The summed E-state index contributed by atoms with van der Waals surface area (Å²) in [5.74, 6) is 0.757. The first-order chi connectivity index (χ1) is 12.6. The van der Waals surface area contributed by atoms with Crippen molar-refractivity contribution in [2.24, 2.45) is 0 Å². The molecule has 3 aromatic rings. The number of rotatable bonds is 4. The Morgan fingerprint density at radius 2 is 2.04 bits per heavy atom. The summed E-state index contributed by atoms with van der Waals surface area (Å²) in [7, 11) is -3.37. The number of aromatic amines is 1. The fraction of sp³-hybridized carbons (Fsp3) is 0.529. The van der Waals surface area contributed by atoms with E-state index in [1.54, 1.807) is 12.4 Å². The second-order valence-corrected chi connectivity index (χ2v) is 9.10. The molecule has 0 atom stereocenters. The van der Waals surface area contributed by atoms with Crippen molar-refractivity contribution >= 4 is 32.7 Å². The molecule has 3 aromatic heterocycles. The number of H-pyrrole nitrogens is 1. The normalized spacial score (nSPS) is 19.8. The zero-order valence-electron chi connectivity index (χ0n) is 14.3. The Balaban J connectivity index is 1.57. The smallest absolute Gasteiger partial charge is 0.236 e. The average Bonchev–Trinajstić information content (AvgIpc) is 3.15. The van der Waals surface area contributed by atoms with Gasteiger partial charge in [0.15, 0.2) is 17.1 Å². The lowest BCUT2D eigenvalue weighted by Gasteiger charge is -2.24. The first-order valence-corrected chi connectivity index (χ1v) is 10.6. The molecule has 4 heterocycles. The first kappa shape index (κ1) is 16.1. The quantitative estimate of drug-likeness (QED) is 0.729. The van der Waals surface area contributed by atoms with E-state index in [0.29, 0.717) is 17.4 Å². The molecule has 0 unspecified atom stereocenters. The molecular formula is C17H21N5O3S. The van der Waals surface area contributed by atoms with E-state index in [-0.39, 0.29) is 5.25 Å². The third-order valence-electron chi connectivity index (χ3n) is 5.54. The Hall–Kier alpha value is -2.13. The van der Waals surface area contributed by atoms with Crippen LogP contribution in [0, 0.1) is 0 Å². The van der Waals surface area contributed by atoms with Gasteiger partial charge in [-0.2, -0.15) is 0 Å². The van der Waals surface area contributed by atoms with Gasteiger partial charge < -0.3 is 9.72 Å². The number of fused-ring (bicyclic) bond motifs is 3. The predicted molar refractivity (Wildman–Crippen MR) is 97.8 cm³/mol. The topological polar surface area (TPSA) is 101 Å². The van der Waals surface area contributed by atoms with E-state index in [4.69, 9.17) is 4.74 Å². The lowest BCUT2D eigenvalue weighted by atomic mass is 9.93. The number of ether oxygens (including phenoxy) is 1. The molecule has 5 rings (SSSR count). The van der Waals surface area contributed by atoms with Crippen molar-refractivity contribution in [1.29, 1.82) is 0 Å². The molecule has 0 bridgehead atoms. The standard InChI is InChI=1S/C17H21N5O3S/c23-26(24,12-2-1-3-12)21-14-10-22-15(20-14)9-19-17-16(22)13(8-18-17)11-4-6-25-7-5-11/h8-12,18,21H,1-7H2. The molecule has 0 spiro atoms. The van der Waals surface area contributed by atoms with E-state index < -0.39 is 10.0 Å². The van der Waals surface area contributed by atoms with Crippen molar-refractivity contribution in [2.45, 2.75) is 43.3 Å². The molecule has 9 heteroatoms. The Bertz CT molecular complexity index is 1060. The van der Waals surface area contributed by atoms with Crippen LogP contribution >= 0.6 is 0 Å². The highest BCUT2D eigenvalue weighted by atomic mass is 32.2. The molecular weight excluding hydrogens is 354 g/mol. The molecule has 2 fully saturated rings. The van der Waals surface area contributed by atoms with Gasteiger partial charge in [-0.15, -0.1) is 0 Å².